The SMILES string of the molecule is COC(=O)/C=C/C(=O)OCCN(COC=O)COC=O. The van der Waals surface area contributed by atoms with E-state index < -0.39 is 11.9 Å². The molecule has 20 heavy (non-hydrogen) atoms. The van der Waals surface area contributed by atoms with E-state index in [9.17, 15) is 19.2 Å². The van der Waals surface area contributed by atoms with Crippen LogP contribution in [0, 0.1) is 0 Å². The summed E-state index contributed by atoms with van der Waals surface area (Å²) in [4.78, 5) is 43.4. The number of carbonyl (C=O) groups excluding carboxylic acids is 4. The molecule has 0 amide bonds. The van der Waals surface area contributed by atoms with Crippen LogP contribution in [0.1, 0.15) is 0 Å². The summed E-state index contributed by atoms with van der Waals surface area (Å²) in [6.45, 7) is 0.353. The molecule has 0 radical (unpaired) electrons. The Kier molecular flexibility index (Phi) is 10.2. The fourth-order valence-corrected chi connectivity index (χ4v) is 0.966. The van der Waals surface area contributed by atoms with Gasteiger partial charge in [-0.15, -0.1) is 0 Å². The van der Waals surface area contributed by atoms with Crippen LogP contribution in [-0.4, -0.2) is 63.5 Å². The summed E-state index contributed by atoms with van der Waals surface area (Å²) < 4.78 is 18.0. The second-order valence-corrected chi connectivity index (χ2v) is 3.20. The van der Waals surface area contributed by atoms with Crippen molar-refractivity contribution < 1.29 is 38.1 Å². The van der Waals surface area contributed by atoms with Crippen molar-refractivity contribution in [3.05, 3.63) is 12.2 Å². The molecule has 0 saturated carbocycles. The first kappa shape index (κ1) is 17.6. The van der Waals surface area contributed by atoms with Crippen LogP contribution in [0.25, 0.3) is 0 Å². The van der Waals surface area contributed by atoms with Crippen LogP contribution in [0.15, 0.2) is 12.2 Å². The number of nitrogens with zero attached hydrogens (tertiary/aromatic N) is 1. The molecule has 0 aliphatic rings. The van der Waals surface area contributed by atoms with Gasteiger partial charge >= 0.3 is 11.9 Å². The van der Waals surface area contributed by atoms with Crippen LogP contribution in [0.2, 0.25) is 0 Å². The summed E-state index contributed by atoms with van der Waals surface area (Å²) in [5, 5.41) is 0. The number of hydrogen-bond acceptors (Lipinski definition) is 9. The highest BCUT2D eigenvalue weighted by Gasteiger charge is 2.07. The molecule has 0 N–H and O–H groups in total. The van der Waals surface area contributed by atoms with Gasteiger partial charge in [0, 0.05) is 18.7 Å². The lowest BCUT2D eigenvalue weighted by Gasteiger charge is -2.18. The standard InChI is InChI=1S/C11H15NO8/c1-17-10(15)2-3-11(16)20-5-4-12(6-18-8-13)7-19-9-14/h2-3,8-9H,4-7H2,1H3/b3-2+. The molecule has 0 atom stereocenters. The average molecular weight is 289 g/mol. The maximum Gasteiger partial charge on any atom is 0.331 e. The van der Waals surface area contributed by atoms with Crippen molar-refractivity contribution in [1.29, 1.82) is 0 Å². The van der Waals surface area contributed by atoms with E-state index >= 15 is 0 Å². The van der Waals surface area contributed by atoms with Crippen molar-refractivity contribution in [1.82, 2.24) is 4.90 Å². The molecule has 0 spiro atoms. The lowest BCUT2D eigenvalue weighted by molar-refractivity contribution is -0.146. The molecule has 0 aliphatic carbocycles. The maximum atomic E-state index is 11.2. The van der Waals surface area contributed by atoms with E-state index in [2.05, 4.69) is 14.2 Å². The van der Waals surface area contributed by atoms with E-state index in [1.165, 1.54) is 12.0 Å². The van der Waals surface area contributed by atoms with Gasteiger partial charge in [0.1, 0.15) is 20.1 Å². The fraction of sp³-hybridized carbons (Fsp3) is 0.455. The Morgan fingerprint density at radius 1 is 1.00 bits per heavy atom. The van der Waals surface area contributed by atoms with Gasteiger partial charge in [-0.05, 0) is 0 Å². The Morgan fingerprint density at radius 3 is 2.05 bits per heavy atom. The zero-order chi connectivity index (χ0) is 15.2. The van der Waals surface area contributed by atoms with Gasteiger partial charge in [0.15, 0.2) is 0 Å². The topological polar surface area (TPSA) is 108 Å². The van der Waals surface area contributed by atoms with Crippen molar-refractivity contribution in [2.45, 2.75) is 0 Å². The van der Waals surface area contributed by atoms with Crippen molar-refractivity contribution in [2.75, 3.05) is 33.7 Å². The molecule has 0 aliphatic heterocycles. The molecule has 0 bridgehead atoms. The number of carbonyl (C=O) groups is 4. The van der Waals surface area contributed by atoms with E-state index in [0.717, 1.165) is 12.2 Å². The predicted molar refractivity (Wildman–Crippen MR) is 62.9 cm³/mol. The molecule has 112 valence electrons. The Bertz CT molecular complexity index is 342. The van der Waals surface area contributed by atoms with Crippen LogP contribution in [-0.2, 0) is 38.1 Å². The largest absolute Gasteiger partial charge is 0.466 e. The second kappa shape index (κ2) is 11.7. The zero-order valence-electron chi connectivity index (χ0n) is 10.9. The van der Waals surface area contributed by atoms with Gasteiger partial charge in [-0.1, -0.05) is 0 Å². The van der Waals surface area contributed by atoms with E-state index in [1.54, 1.807) is 0 Å². The van der Waals surface area contributed by atoms with Crippen LogP contribution >= 0.6 is 0 Å². The Balaban J connectivity index is 3.98. The minimum atomic E-state index is -0.733. The average Bonchev–Trinajstić information content (AvgIpc) is 2.46. The number of hydrogen-bond donors (Lipinski definition) is 0. The summed E-state index contributed by atoms with van der Waals surface area (Å²) in [5.74, 6) is -1.41. The smallest absolute Gasteiger partial charge is 0.331 e. The zero-order valence-corrected chi connectivity index (χ0v) is 10.9. The van der Waals surface area contributed by atoms with Crippen LogP contribution < -0.4 is 0 Å². The summed E-state index contributed by atoms with van der Waals surface area (Å²) in [6.07, 6.45) is 1.84. The lowest BCUT2D eigenvalue weighted by atomic mass is 10.5. The van der Waals surface area contributed by atoms with Crippen molar-refractivity contribution in [2.24, 2.45) is 0 Å². The molecule has 9 heteroatoms. The van der Waals surface area contributed by atoms with E-state index in [0.29, 0.717) is 0 Å². The van der Waals surface area contributed by atoms with Gasteiger partial charge in [0.25, 0.3) is 12.9 Å². The van der Waals surface area contributed by atoms with Crippen molar-refractivity contribution >= 4 is 24.9 Å². The summed E-state index contributed by atoms with van der Waals surface area (Å²) in [6, 6.07) is 0. The fourth-order valence-electron chi connectivity index (χ4n) is 0.966. The summed E-state index contributed by atoms with van der Waals surface area (Å²) in [5.41, 5.74) is 0. The third-order valence-electron chi connectivity index (χ3n) is 1.86. The van der Waals surface area contributed by atoms with Crippen LogP contribution in [0.4, 0.5) is 0 Å². The Morgan fingerprint density at radius 2 is 1.55 bits per heavy atom. The quantitative estimate of drug-likeness (QED) is 0.153. The van der Waals surface area contributed by atoms with Crippen LogP contribution in [0.3, 0.4) is 0 Å². The highest BCUT2D eigenvalue weighted by Crippen LogP contribution is 1.91. The van der Waals surface area contributed by atoms with Gasteiger partial charge in [-0.3, -0.25) is 9.59 Å². The first-order valence-corrected chi connectivity index (χ1v) is 5.39. The maximum absolute atomic E-state index is 11.2. The monoisotopic (exact) mass is 289 g/mol. The molecule has 0 fully saturated rings. The van der Waals surface area contributed by atoms with Gasteiger partial charge < -0.3 is 18.9 Å². The third kappa shape index (κ3) is 9.59. The van der Waals surface area contributed by atoms with E-state index in [4.69, 9.17) is 4.74 Å². The molecular formula is C11H15NO8. The number of rotatable bonds is 11. The molecular weight excluding hydrogens is 274 g/mol. The number of ether oxygens (including phenoxy) is 4. The molecule has 0 aromatic heterocycles. The Hall–Kier alpha value is -2.42. The highest BCUT2D eigenvalue weighted by molar-refractivity contribution is 5.91. The Labute approximate surface area is 115 Å². The molecule has 0 unspecified atom stereocenters. The molecule has 9 nitrogen and oxygen atoms in total. The number of methoxy groups -OCH3 is 1. The molecule has 0 saturated heterocycles. The van der Waals surface area contributed by atoms with Crippen LogP contribution in [0.5, 0.6) is 0 Å². The van der Waals surface area contributed by atoms with E-state index in [-0.39, 0.29) is 39.6 Å². The van der Waals surface area contributed by atoms with Crippen molar-refractivity contribution in [3.8, 4) is 0 Å². The summed E-state index contributed by atoms with van der Waals surface area (Å²) in [7, 11) is 1.18. The highest BCUT2D eigenvalue weighted by atomic mass is 16.6. The normalized spacial score (nSPS) is 10.1. The van der Waals surface area contributed by atoms with E-state index in [1.807, 2.05) is 0 Å². The molecule has 0 rings (SSSR count). The second-order valence-electron chi connectivity index (χ2n) is 3.20. The molecule has 0 heterocycles. The van der Waals surface area contributed by atoms with Gasteiger partial charge in [0.05, 0.1) is 7.11 Å². The first-order valence-electron chi connectivity index (χ1n) is 5.39. The number of esters is 2. The van der Waals surface area contributed by atoms with Gasteiger partial charge in [0.2, 0.25) is 0 Å². The molecule has 0 aromatic rings. The first-order chi connectivity index (χ1) is 9.63. The van der Waals surface area contributed by atoms with Gasteiger partial charge in [-0.25, -0.2) is 14.5 Å². The predicted octanol–water partition coefficient (Wildman–Crippen LogP) is -1.18. The molecule has 0 aromatic carbocycles. The lowest BCUT2D eigenvalue weighted by Crippen LogP contribution is -2.32. The third-order valence-corrected chi connectivity index (χ3v) is 1.86. The van der Waals surface area contributed by atoms with Crippen molar-refractivity contribution in [3.63, 3.8) is 0 Å². The summed E-state index contributed by atoms with van der Waals surface area (Å²) >= 11 is 0. The minimum absolute atomic E-state index is 0.0468. The van der Waals surface area contributed by atoms with Gasteiger partial charge in [-0.2, -0.15) is 0 Å². The minimum Gasteiger partial charge on any atom is -0.466 e.